The van der Waals surface area contributed by atoms with Crippen LogP contribution in [0, 0.1) is 0 Å². The van der Waals surface area contributed by atoms with Gasteiger partial charge in [-0.25, -0.2) is 4.79 Å². The first-order chi connectivity index (χ1) is 15.1. The lowest BCUT2D eigenvalue weighted by molar-refractivity contribution is 0.0600. The van der Waals surface area contributed by atoms with Gasteiger partial charge in [0.2, 0.25) is 0 Å². The summed E-state index contributed by atoms with van der Waals surface area (Å²) in [5, 5.41) is 10.7. The van der Waals surface area contributed by atoms with E-state index in [1.165, 1.54) is 7.11 Å². The van der Waals surface area contributed by atoms with Crippen LogP contribution in [0.1, 0.15) is 38.7 Å². The molecule has 31 heavy (non-hydrogen) atoms. The van der Waals surface area contributed by atoms with Gasteiger partial charge in [-0.1, -0.05) is 48.5 Å². The van der Waals surface area contributed by atoms with Gasteiger partial charge in [0.25, 0.3) is 0 Å². The van der Waals surface area contributed by atoms with E-state index >= 15 is 0 Å². The van der Waals surface area contributed by atoms with E-state index in [1.54, 1.807) is 12.1 Å². The number of hydrogen-bond donors (Lipinski definition) is 1. The molecule has 3 aromatic rings. The van der Waals surface area contributed by atoms with Crippen LogP contribution in [0.5, 0.6) is 5.75 Å². The molecule has 0 saturated heterocycles. The van der Waals surface area contributed by atoms with Crippen LogP contribution < -0.4 is 4.74 Å². The molecule has 0 spiro atoms. The van der Waals surface area contributed by atoms with Crippen LogP contribution in [0.2, 0.25) is 0 Å². The van der Waals surface area contributed by atoms with Crippen molar-refractivity contribution in [2.24, 2.45) is 0 Å². The lowest BCUT2D eigenvalue weighted by Gasteiger charge is -2.20. The number of rotatable bonds is 6. The third kappa shape index (κ3) is 5.32. The summed E-state index contributed by atoms with van der Waals surface area (Å²) < 4.78 is 10.7. The molecule has 4 rings (SSSR count). The first-order valence-electron chi connectivity index (χ1n) is 10.5. The van der Waals surface area contributed by atoms with Crippen molar-refractivity contribution in [3.05, 3.63) is 101 Å². The third-order valence-corrected chi connectivity index (χ3v) is 5.58. The molecule has 0 aromatic heterocycles. The Bertz CT molecular complexity index is 1020. The van der Waals surface area contributed by atoms with E-state index in [0.29, 0.717) is 18.6 Å². The molecule has 5 nitrogen and oxygen atoms in total. The Kier molecular flexibility index (Phi) is 6.65. The molecule has 1 heterocycles. The number of carbonyl (C=O) groups excluding carboxylic acids is 1. The Labute approximate surface area is 182 Å². The van der Waals surface area contributed by atoms with Gasteiger partial charge in [-0.05, 0) is 41.0 Å². The van der Waals surface area contributed by atoms with Crippen molar-refractivity contribution >= 4 is 5.97 Å². The van der Waals surface area contributed by atoms with Gasteiger partial charge in [0.05, 0.1) is 18.8 Å². The fourth-order valence-corrected chi connectivity index (χ4v) is 3.89. The van der Waals surface area contributed by atoms with Crippen molar-refractivity contribution in [1.29, 1.82) is 0 Å². The summed E-state index contributed by atoms with van der Waals surface area (Å²) in [5.74, 6) is 0.546. The number of fused-ring (bicyclic) bond motifs is 1. The highest BCUT2D eigenvalue weighted by molar-refractivity contribution is 5.89. The SMILES string of the molecule is COC(=O)c1ccc(CN2CCOc3ccc(C(O)Cc4ccccc4)cc3C2)cc1. The van der Waals surface area contributed by atoms with Crippen LogP contribution in [0.25, 0.3) is 0 Å². The molecule has 1 N–H and O–H groups in total. The Balaban J connectivity index is 1.46. The maximum atomic E-state index is 11.6. The van der Waals surface area contributed by atoms with Crippen LogP contribution in [-0.4, -0.2) is 36.2 Å². The van der Waals surface area contributed by atoms with Crippen molar-refractivity contribution in [2.45, 2.75) is 25.6 Å². The maximum Gasteiger partial charge on any atom is 0.337 e. The Morgan fingerprint density at radius 2 is 1.84 bits per heavy atom. The van der Waals surface area contributed by atoms with E-state index in [1.807, 2.05) is 54.6 Å². The van der Waals surface area contributed by atoms with Crippen molar-refractivity contribution < 1.29 is 19.4 Å². The number of ether oxygens (including phenoxy) is 2. The predicted octanol–water partition coefficient (Wildman–Crippen LogP) is 4.14. The van der Waals surface area contributed by atoms with E-state index in [-0.39, 0.29) is 5.97 Å². The molecule has 0 bridgehead atoms. The second-order valence-corrected chi connectivity index (χ2v) is 7.82. The quantitative estimate of drug-likeness (QED) is 0.611. The smallest absolute Gasteiger partial charge is 0.337 e. The zero-order chi connectivity index (χ0) is 21.6. The average molecular weight is 418 g/mol. The summed E-state index contributed by atoms with van der Waals surface area (Å²) in [4.78, 5) is 13.9. The average Bonchev–Trinajstić information content (AvgIpc) is 3.00. The Morgan fingerprint density at radius 1 is 1.06 bits per heavy atom. The molecule has 160 valence electrons. The minimum atomic E-state index is -0.560. The maximum absolute atomic E-state index is 11.6. The van der Waals surface area contributed by atoms with Gasteiger partial charge in [0.1, 0.15) is 12.4 Å². The van der Waals surface area contributed by atoms with Crippen molar-refractivity contribution in [3.63, 3.8) is 0 Å². The number of aliphatic hydroxyl groups excluding tert-OH is 1. The lowest BCUT2D eigenvalue weighted by atomic mass is 9.99. The number of methoxy groups -OCH3 is 1. The fraction of sp³-hybridized carbons (Fsp3) is 0.269. The number of nitrogens with zero attached hydrogens (tertiary/aromatic N) is 1. The molecule has 1 atom stereocenters. The van der Waals surface area contributed by atoms with Crippen LogP contribution in [0.3, 0.4) is 0 Å². The fourth-order valence-electron chi connectivity index (χ4n) is 3.89. The molecule has 0 fully saturated rings. The summed E-state index contributed by atoms with van der Waals surface area (Å²) in [7, 11) is 1.38. The number of hydrogen-bond acceptors (Lipinski definition) is 5. The van der Waals surface area contributed by atoms with Gasteiger partial charge in [-0.3, -0.25) is 4.90 Å². The minimum Gasteiger partial charge on any atom is -0.492 e. The van der Waals surface area contributed by atoms with E-state index in [4.69, 9.17) is 9.47 Å². The summed E-state index contributed by atoms with van der Waals surface area (Å²) >= 11 is 0. The van der Waals surface area contributed by atoms with Crippen molar-refractivity contribution in [2.75, 3.05) is 20.3 Å². The standard InChI is InChI=1S/C26H27NO4/c1-30-26(29)21-9-7-20(8-10-21)17-27-13-14-31-25-12-11-22(16-23(25)18-27)24(28)15-19-5-3-2-4-6-19/h2-12,16,24,28H,13-15,17-18H2,1H3. The van der Waals surface area contributed by atoms with Crippen LogP contribution in [0.4, 0.5) is 0 Å². The first-order valence-corrected chi connectivity index (χ1v) is 10.5. The van der Waals surface area contributed by atoms with E-state index in [2.05, 4.69) is 11.0 Å². The van der Waals surface area contributed by atoms with Gasteiger partial charge < -0.3 is 14.6 Å². The summed E-state index contributed by atoms with van der Waals surface area (Å²) in [6.07, 6.45) is 0.0202. The molecule has 0 amide bonds. The molecule has 0 aliphatic carbocycles. The Morgan fingerprint density at radius 3 is 2.58 bits per heavy atom. The van der Waals surface area contributed by atoms with E-state index in [0.717, 1.165) is 47.6 Å². The molecule has 0 radical (unpaired) electrons. The molecule has 1 unspecified atom stereocenters. The highest BCUT2D eigenvalue weighted by Crippen LogP contribution is 2.28. The van der Waals surface area contributed by atoms with E-state index in [9.17, 15) is 9.90 Å². The number of benzene rings is 3. The zero-order valence-corrected chi connectivity index (χ0v) is 17.7. The minimum absolute atomic E-state index is 0.328. The van der Waals surface area contributed by atoms with Gasteiger partial charge in [-0.2, -0.15) is 0 Å². The second-order valence-electron chi connectivity index (χ2n) is 7.82. The lowest BCUT2D eigenvalue weighted by Crippen LogP contribution is -2.25. The zero-order valence-electron chi connectivity index (χ0n) is 17.7. The molecule has 3 aromatic carbocycles. The molecule has 1 aliphatic heterocycles. The van der Waals surface area contributed by atoms with Gasteiger partial charge in [0.15, 0.2) is 0 Å². The predicted molar refractivity (Wildman–Crippen MR) is 119 cm³/mol. The molecular weight excluding hydrogens is 390 g/mol. The highest BCUT2D eigenvalue weighted by atomic mass is 16.5. The molecule has 0 saturated carbocycles. The molecule has 1 aliphatic rings. The monoisotopic (exact) mass is 417 g/mol. The largest absolute Gasteiger partial charge is 0.492 e. The third-order valence-electron chi connectivity index (χ3n) is 5.58. The highest BCUT2D eigenvalue weighted by Gasteiger charge is 2.18. The molecule has 5 heteroatoms. The van der Waals surface area contributed by atoms with Crippen LogP contribution in [0.15, 0.2) is 72.8 Å². The van der Waals surface area contributed by atoms with Gasteiger partial charge >= 0.3 is 5.97 Å². The topological polar surface area (TPSA) is 59.0 Å². The van der Waals surface area contributed by atoms with Crippen LogP contribution in [-0.2, 0) is 24.2 Å². The second kappa shape index (κ2) is 9.77. The van der Waals surface area contributed by atoms with Crippen molar-refractivity contribution in [1.82, 2.24) is 4.90 Å². The van der Waals surface area contributed by atoms with Crippen LogP contribution >= 0.6 is 0 Å². The number of carbonyl (C=O) groups is 1. The first kappa shape index (κ1) is 21.1. The Hall–Kier alpha value is -3.15. The van der Waals surface area contributed by atoms with Crippen molar-refractivity contribution in [3.8, 4) is 5.75 Å². The number of esters is 1. The number of aliphatic hydroxyl groups is 1. The summed E-state index contributed by atoms with van der Waals surface area (Å²) in [6.45, 7) is 2.90. The van der Waals surface area contributed by atoms with E-state index < -0.39 is 6.10 Å². The van der Waals surface area contributed by atoms with Gasteiger partial charge in [0, 0.05) is 31.6 Å². The summed E-state index contributed by atoms with van der Waals surface area (Å²) in [6, 6.07) is 23.5. The molecular formula is C26H27NO4. The summed E-state index contributed by atoms with van der Waals surface area (Å²) in [5.41, 5.74) is 4.76. The van der Waals surface area contributed by atoms with Gasteiger partial charge in [-0.15, -0.1) is 0 Å². The normalized spacial score (nSPS) is 14.8.